The van der Waals surface area contributed by atoms with Gasteiger partial charge in [0.05, 0.1) is 0 Å². The molecule has 0 aliphatic rings. The molecule has 0 saturated heterocycles. The van der Waals surface area contributed by atoms with Gasteiger partial charge in [0, 0.05) is 0 Å². The molecule has 0 spiro atoms. The SMILES string of the molecule is CCCCCCc1ccc2c(-c3ccc4ccccc4c3)c3ccccc3c(B(O)O)c2c1. The van der Waals surface area contributed by atoms with Gasteiger partial charge in [-0.25, -0.2) is 0 Å². The van der Waals surface area contributed by atoms with Crippen LogP contribution in [0.25, 0.3) is 43.4 Å². The van der Waals surface area contributed by atoms with E-state index in [1.807, 2.05) is 18.2 Å². The lowest BCUT2D eigenvalue weighted by atomic mass is 9.72. The monoisotopic (exact) mass is 432 g/mol. The molecule has 164 valence electrons. The van der Waals surface area contributed by atoms with E-state index >= 15 is 0 Å². The summed E-state index contributed by atoms with van der Waals surface area (Å²) in [6, 6.07) is 29.6. The van der Waals surface area contributed by atoms with E-state index in [2.05, 4.69) is 73.7 Å². The van der Waals surface area contributed by atoms with E-state index < -0.39 is 7.12 Å². The summed E-state index contributed by atoms with van der Waals surface area (Å²) in [5.74, 6) is 0. The molecular formula is C30H29BO2. The first-order valence-corrected chi connectivity index (χ1v) is 12.0. The summed E-state index contributed by atoms with van der Waals surface area (Å²) in [4.78, 5) is 0. The van der Waals surface area contributed by atoms with E-state index in [4.69, 9.17) is 0 Å². The van der Waals surface area contributed by atoms with Gasteiger partial charge < -0.3 is 10.0 Å². The van der Waals surface area contributed by atoms with Crippen molar-refractivity contribution in [2.45, 2.75) is 39.0 Å². The Hall–Kier alpha value is -3.14. The van der Waals surface area contributed by atoms with Crippen molar-refractivity contribution in [2.24, 2.45) is 0 Å². The number of aryl methyl sites for hydroxylation is 1. The van der Waals surface area contributed by atoms with Crippen molar-refractivity contribution in [2.75, 3.05) is 0 Å². The van der Waals surface area contributed by atoms with Gasteiger partial charge in [-0.2, -0.15) is 0 Å². The van der Waals surface area contributed by atoms with E-state index in [1.165, 1.54) is 35.6 Å². The second-order valence-electron chi connectivity index (χ2n) is 8.96. The third kappa shape index (κ3) is 4.15. The Balaban J connectivity index is 1.77. The van der Waals surface area contributed by atoms with Crippen LogP contribution in [0.1, 0.15) is 38.2 Å². The predicted octanol–water partition coefficient (Wildman–Crippen LogP) is 6.62. The fourth-order valence-electron chi connectivity index (χ4n) is 5.10. The summed E-state index contributed by atoms with van der Waals surface area (Å²) in [6.45, 7) is 2.23. The van der Waals surface area contributed by atoms with Gasteiger partial charge in [0.15, 0.2) is 0 Å². The van der Waals surface area contributed by atoms with Crippen molar-refractivity contribution >= 4 is 44.9 Å². The highest BCUT2D eigenvalue weighted by Crippen LogP contribution is 2.37. The van der Waals surface area contributed by atoms with Crippen LogP contribution in [-0.4, -0.2) is 17.2 Å². The Morgan fingerprint density at radius 1 is 0.636 bits per heavy atom. The number of fused-ring (bicyclic) bond motifs is 3. The average Bonchev–Trinajstić information content (AvgIpc) is 2.84. The number of unbranched alkanes of at least 4 members (excludes halogenated alkanes) is 3. The van der Waals surface area contributed by atoms with E-state index in [0.29, 0.717) is 5.46 Å². The minimum atomic E-state index is -1.53. The van der Waals surface area contributed by atoms with Crippen LogP contribution in [0, 0.1) is 0 Å². The van der Waals surface area contributed by atoms with Crippen LogP contribution < -0.4 is 5.46 Å². The van der Waals surface area contributed by atoms with Crippen molar-refractivity contribution in [1.29, 1.82) is 0 Å². The fourth-order valence-corrected chi connectivity index (χ4v) is 5.10. The smallest absolute Gasteiger partial charge is 0.423 e. The summed E-state index contributed by atoms with van der Waals surface area (Å²) < 4.78 is 0. The van der Waals surface area contributed by atoms with Gasteiger partial charge in [-0.1, -0.05) is 105 Å². The minimum absolute atomic E-state index is 0.598. The van der Waals surface area contributed by atoms with Gasteiger partial charge in [-0.05, 0) is 73.4 Å². The first kappa shape index (κ1) is 21.7. The third-order valence-corrected chi connectivity index (χ3v) is 6.75. The molecule has 0 heterocycles. The highest BCUT2D eigenvalue weighted by atomic mass is 16.4. The average molecular weight is 432 g/mol. The number of rotatable bonds is 7. The summed E-state index contributed by atoms with van der Waals surface area (Å²) >= 11 is 0. The zero-order valence-electron chi connectivity index (χ0n) is 19.1. The first-order chi connectivity index (χ1) is 16.2. The maximum absolute atomic E-state index is 10.4. The Kier molecular flexibility index (Phi) is 6.17. The van der Waals surface area contributed by atoms with Crippen molar-refractivity contribution < 1.29 is 10.0 Å². The molecule has 0 aromatic heterocycles. The zero-order valence-corrected chi connectivity index (χ0v) is 19.1. The molecule has 0 atom stereocenters. The number of hydrogen-bond donors (Lipinski definition) is 2. The maximum atomic E-state index is 10.4. The lowest BCUT2D eigenvalue weighted by Gasteiger charge is -2.18. The third-order valence-electron chi connectivity index (χ3n) is 6.75. The Bertz CT molecular complexity index is 1440. The van der Waals surface area contributed by atoms with Gasteiger partial charge >= 0.3 is 7.12 Å². The van der Waals surface area contributed by atoms with Crippen LogP contribution in [0.4, 0.5) is 0 Å². The van der Waals surface area contributed by atoms with Gasteiger partial charge in [-0.3, -0.25) is 0 Å². The van der Waals surface area contributed by atoms with Crippen molar-refractivity contribution in [3.63, 3.8) is 0 Å². The van der Waals surface area contributed by atoms with Crippen LogP contribution in [0.5, 0.6) is 0 Å². The first-order valence-electron chi connectivity index (χ1n) is 12.0. The van der Waals surface area contributed by atoms with Crippen LogP contribution in [0.3, 0.4) is 0 Å². The second kappa shape index (κ2) is 9.39. The van der Waals surface area contributed by atoms with E-state index in [1.54, 1.807) is 0 Å². The number of hydrogen-bond acceptors (Lipinski definition) is 2. The molecular weight excluding hydrogens is 403 g/mol. The largest absolute Gasteiger partial charge is 0.489 e. The van der Waals surface area contributed by atoms with Crippen LogP contribution in [0.15, 0.2) is 84.9 Å². The molecule has 0 saturated carbocycles. The molecule has 0 amide bonds. The van der Waals surface area contributed by atoms with E-state index in [9.17, 15) is 10.0 Å². The van der Waals surface area contributed by atoms with Crippen LogP contribution >= 0.6 is 0 Å². The molecule has 0 unspecified atom stereocenters. The topological polar surface area (TPSA) is 40.5 Å². The highest BCUT2D eigenvalue weighted by Gasteiger charge is 2.22. The molecule has 5 aromatic rings. The molecule has 0 bridgehead atoms. The van der Waals surface area contributed by atoms with Crippen molar-refractivity contribution in [1.82, 2.24) is 0 Å². The maximum Gasteiger partial charge on any atom is 0.489 e. The standard InChI is InChI=1S/C30H29BO2/c1-2-3-4-5-10-21-15-18-26-28(19-21)30(31(32)33)27-14-9-8-13-25(27)29(26)24-17-16-22-11-6-7-12-23(22)20-24/h6-9,11-20,32-33H,2-5,10H2,1H3. The summed E-state index contributed by atoms with van der Waals surface area (Å²) in [6.07, 6.45) is 5.87. The van der Waals surface area contributed by atoms with E-state index in [-0.39, 0.29) is 0 Å². The lowest BCUT2D eigenvalue weighted by Crippen LogP contribution is -2.31. The summed E-state index contributed by atoms with van der Waals surface area (Å²) in [5, 5.41) is 27.2. The molecule has 5 aromatic carbocycles. The molecule has 5 rings (SSSR count). The zero-order chi connectivity index (χ0) is 22.8. The Labute approximate surface area is 195 Å². The second-order valence-corrected chi connectivity index (χ2v) is 8.96. The molecule has 33 heavy (non-hydrogen) atoms. The normalized spacial score (nSPS) is 11.5. The summed E-state index contributed by atoms with van der Waals surface area (Å²) in [5.41, 5.74) is 4.14. The quantitative estimate of drug-likeness (QED) is 0.172. The fraction of sp³-hybridized carbons (Fsp3) is 0.200. The number of benzene rings is 5. The Morgan fingerprint density at radius 2 is 1.36 bits per heavy atom. The van der Waals surface area contributed by atoms with E-state index in [0.717, 1.165) is 45.5 Å². The van der Waals surface area contributed by atoms with Crippen molar-refractivity contribution in [3.8, 4) is 11.1 Å². The molecule has 0 aliphatic carbocycles. The van der Waals surface area contributed by atoms with Gasteiger partial charge in [0.25, 0.3) is 0 Å². The van der Waals surface area contributed by atoms with Crippen molar-refractivity contribution in [3.05, 3.63) is 90.5 Å². The summed E-state index contributed by atoms with van der Waals surface area (Å²) in [7, 11) is -1.53. The molecule has 3 heteroatoms. The molecule has 0 radical (unpaired) electrons. The molecule has 0 aliphatic heterocycles. The molecule has 2 nitrogen and oxygen atoms in total. The van der Waals surface area contributed by atoms with Crippen LogP contribution in [-0.2, 0) is 6.42 Å². The van der Waals surface area contributed by atoms with Gasteiger partial charge in [0.1, 0.15) is 0 Å². The molecule has 2 N–H and O–H groups in total. The van der Waals surface area contributed by atoms with Gasteiger partial charge in [-0.15, -0.1) is 0 Å². The highest BCUT2D eigenvalue weighted by molar-refractivity contribution is 6.66. The van der Waals surface area contributed by atoms with Crippen LogP contribution in [0.2, 0.25) is 0 Å². The minimum Gasteiger partial charge on any atom is -0.423 e. The lowest BCUT2D eigenvalue weighted by molar-refractivity contribution is 0.426. The van der Waals surface area contributed by atoms with Gasteiger partial charge in [0.2, 0.25) is 0 Å². The Morgan fingerprint density at radius 3 is 2.15 bits per heavy atom. The predicted molar refractivity (Wildman–Crippen MR) is 142 cm³/mol. The molecule has 0 fully saturated rings.